The third-order valence-corrected chi connectivity index (χ3v) is 5.52. The molecule has 0 N–H and O–H groups in total. The first-order valence-electron chi connectivity index (χ1n) is 9.69. The summed E-state index contributed by atoms with van der Waals surface area (Å²) >= 11 is 0. The predicted molar refractivity (Wildman–Crippen MR) is 111 cm³/mol. The highest BCUT2D eigenvalue weighted by Gasteiger charge is 2.48. The Morgan fingerprint density at radius 1 is 1.10 bits per heavy atom. The average molecular weight is 394 g/mol. The van der Waals surface area contributed by atoms with Gasteiger partial charge in [0.15, 0.2) is 0 Å². The van der Waals surface area contributed by atoms with E-state index >= 15 is 0 Å². The summed E-state index contributed by atoms with van der Waals surface area (Å²) in [6, 6.07) is 14.8. The van der Waals surface area contributed by atoms with Gasteiger partial charge in [-0.1, -0.05) is 25.1 Å². The van der Waals surface area contributed by atoms with Crippen LogP contribution < -0.4 is 9.64 Å². The maximum Gasteiger partial charge on any atom is 0.257 e. The molecule has 3 amide bonds. The van der Waals surface area contributed by atoms with E-state index in [1.807, 2.05) is 26.8 Å². The number of benzene rings is 2. The number of para-hydroxylation sites is 1. The number of hydrogen-bond donors (Lipinski definition) is 0. The number of carbonyl (C=O) groups is 3. The first-order chi connectivity index (χ1) is 13.8. The number of carbonyl (C=O) groups excluding carboxylic acids is 3. The van der Waals surface area contributed by atoms with Gasteiger partial charge < -0.3 is 9.64 Å². The summed E-state index contributed by atoms with van der Waals surface area (Å²) in [4.78, 5) is 42.1. The molecule has 1 aliphatic rings. The van der Waals surface area contributed by atoms with Crippen LogP contribution in [0.5, 0.6) is 5.75 Å². The summed E-state index contributed by atoms with van der Waals surface area (Å²) in [5.74, 6) is -0.305. The Morgan fingerprint density at radius 2 is 1.72 bits per heavy atom. The van der Waals surface area contributed by atoms with Crippen LogP contribution in [-0.4, -0.2) is 41.3 Å². The highest BCUT2D eigenvalue weighted by atomic mass is 16.5. The molecule has 6 nitrogen and oxygen atoms in total. The van der Waals surface area contributed by atoms with Crippen LogP contribution in [0, 0.1) is 0 Å². The summed E-state index contributed by atoms with van der Waals surface area (Å²) < 4.78 is 5.16. The molecule has 0 spiro atoms. The minimum Gasteiger partial charge on any atom is -0.497 e. The quantitative estimate of drug-likeness (QED) is 0.702. The molecule has 0 bridgehead atoms. The van der Waals surface area contributed by atoms with E-state index in [4.69, 9.17) is 4.74 Å². The normalized spacial score (nSPS) is 16.8. The van der Waals surface area contributed by atoms with Crippen LogP contribution in [-0.2, 0) is 9.59 Å². The second-order valence-electron chi connectivity index (χ2n) is 7.69. The lowest BCUT2D eigenvalue weighted by atomic mass is 9.94. The van der Waals surface area contributed by atoms with E-state index in [2.05, 4.69) is 0 Å². The molecule has 0 aromatic heterocycles. The summed E-state index contributed by atoms with van der Waals surface area (Å²) in [7, 11) is 1.56. The first kappa shape index (κ1) is 20.6. The van der Waals surface area contributed by atoms with Crippen LogP contribution >= 0.6 is 0 Å². The Morgan fingerprint density at radius 3 is 2.28 bits per heavy atom. The predicted octanol–water partition coefficient (Wildman–Crippen LogP) is 3.66. The van der Waals surface area contributed by atoms with Gasteiger partial charge in [-0.25, -0.2) is 4.90 Å². The number of hydrogen-bond acceptors (Lipinski definition) is 4. The second-order valence-corrected chi connectivity index (χ2v) is 7.69. The lowest BCUT2D eigenvalue weighted by Gasteiger charge is -2.41. The zero-order chi connectivity index (χ0) is 21.2. The minimum absolute atomic E-state index is 0.0287. The van der Waals surface area contributed by atoms with Gasteiger partial charge in [-0.05, 0) is 56.7 Å². The molecule has 0 aliphatic carbocycles. The molecule has 29 heavy (non-hydrogen) atoms. The van der Waals surface area contributed by atoms with Gasteiger partial charge in [0, 0.05) is 11.1 Å². The fourth-order valence-corrected chi connectivity index (χ4v) is 3.55. The molecule has 1 unspecified atom stereocenters. The fourth-order valence-electron chi connectivity index (χ4n) is 3.55. The highest BCUT2D eigenvalue weighted by molar-refractivity contribution is 6.23. The van der Waals surface area contributed by atoms with Crippen LogP contribution in [0.3, 0.4) is 0 Å². The van der Waals surface area contributed by atoms with Crippen LogP contribution in [0.25, 0.3) is 0 Å². The molecule has 0 radical (unpaired) electrons. The van der Waals surface area contributed by atoms with Crippen molar-refractivity contribution in [3.05, 3.63) is 60.2 Å². The summed E-state index contributed by atoms with van der Waals surface area (Å²) in [5.41, 5.74) is 0.367. The SMILES string of the molecule is CCC(C)(C)N(C(=O)c1ccc(OC)cc1)C1CC(=O)N(c2ccccc2)C1=O. The summed E-state index contributed by atoms with van der Waals surface area (Å²) in [6.07, 6.45) is 0.608. The molecule has 3 rings (SSSR count). The van der Waals surface area contributed by atoms with Gasteiger partial charge in [-0.15, -0.1) is 0 Å². The van der Waals surface area contributed by atoms with Crippen LogP contribution in [0.1, 0.15) is 44.0 Å². The molecule has 1 saturated heterocycles. The monoisotopic (exact) mass is 394 g/mol. The van der Waals surface area contributed by atoms with Crippen LogP contribution in [0.15, 0.2) is 54.6 Å². The van der Waals surface area contributed by atoms with Crippen LogP contribution in [0.2, 0.25) is 0 Å². The standard InChI is InChI=1S/C23H26N2O4/c1-5-23(2,3)25(21(27)16-11-13-18(29-4)14-12-16)19-15-20(26)24(22(19)28)17-9-7-6-8-10-17/h6-14,19H,5,15H2,1-4H3. The molecule has 152 valence electrons. The average Bonchev–Trinajstić information content (AvgIpc) is 3.02. The fraction of sp³-hybridized carbons (Fsp3) is 0.348. The van der Waals surface area contributed by atoms with Crippen molar-refractivity contribution in [2.75, 3.05) is 12.0 Å². The van der Waals surface area contributed by atoms with E-state index in [0.29, 0.717) is 23.4 Å². The molecule has 2 aromatic carbocycles. The van der Waals surface area contributed by atoms with Gasteiger partial charge >= 0.3 is 0 Å². The van der Waals surface area contributed by atoms with Crippen molar-refractivity contribution in [2.45, 2.75) is 45.2 Å². The maximum absolute atomic E-state index is 13.4. The van der Waals surface area contributed by atoms with Crippen molar-refractivity contribution in [3.8, 4) is 5.75 Å². The maximum atomic E-state index is 13.4. The Hall–Kier alpha value is -3.15. The van der Waals surface area contributed by atoms with E-state index in [9.17, 15) is 14.4 Å². The summed E-state index contributed by atoms with van der Waals surface area (Å²) in [6.45, 7) is 5.79. The van der Waals surface area contributed by atoms with E-state index in [1.165, 1.54) is 4.90 Å². The highest BCUT2D eigenvalue weighted by Crippen LogP contribution is 2.32. The smallest absolute Gasteiger partial charge is 0.257 e. The molecule has 1 atom stereocenters. The van der Waals surface area contributed by atoms with E-state index < -0.39 is 11.6 Å². The number of nitrogens with zero attached hydrogens (tertiary/aromatic N) is 2. The molecule has 1 aliphatic heterocycles. The van der Waals surface area contributed by atoms with Gasteiger partial charge in [-0.2, -0.15) is 0 Å². The number of ether oxygens (including phenoxy) is 1. The van der Waals surface area contributed by atoms with Crippen molar-refractivity contribution in [1.29, 1.82) is 0 Å². The third-order valence-electron chi connectivity index (χ3n) is 5.52. The topological polar surface area (TPSA) is 66.9 Å². The number of methoxy groups -OCH3 is 1. The van der Waals surface area contributed by atoms with E-state index in [1.54, 1.807) is 60.5 Å². The number of rotatable bonds is 6. The van der Waals surface area contributed by atoms with Crippen molar-refractivity contribution < 1.29 is 19.1 Å². The zero-order valence-electron chi connectivity index (χ0n) is 17.2. The first-order valence-corrected chi connectivity index (χ1v) is 9.69. The number of amides is 3. The Labute approximate surface area is 171 Å². The van der Waals surface area contributed by atoms with Crippen LogP contribution in [0.4, 0.5) is 5.69 Å². The largest absolute Gasteiger partial charge is 0.497 e. The summed E-state index contributed by atoms with van der Waals surface area (Å²) in [5, 5.41) is 0. The van der Waals surface area contributed by atoms with Gasteiger partial charge in [0.05, 0.1) is 19.2 Å². The van der Waals surface area contributed by atoms with Gasteiger partial charge in [0.2, 0.25) is 5.91 Å². The third kappa shape index (κ3) is 3.88. The Bertz CT molecular complexity index is 906. The Kier molecular flexibility index (Phi) is 5.73. The molecular formula is C23H26N2O4. The molecular weight excluding hydrogens is 368 g/mol. The molecule has 1 heterocycles. The van der Waals surface area contributed by atoms with Crippen molar-refractivity contribution in [2.24, 2.45) is 0 Å². The lowest BCUT2D eigenvalue weighted by molar-refractivity contribution is -0.123. The van der Waals surface area contributed by atoms with Crippen molar-refractivity contribution >= 4 is 23.4 Å². The van der Waals surface area contributed by atoms with Crippen molar-refractivity contribution in [1.82, 2.24) is 4.90 Å². The molecule has 6 heteroatoms. The van der Waals surface area contributed by atoms with Gasteiger partial charge in [0.25, 0.3) is 11.8 Å². The lowest BCUT2D eigenvalue weighted by Crippen LogP contribution is -2.55. The number of imide groups is 1. The molecule has 2 aromatic rings. The van der Waals surface area contributed by atoms with Gasteiger partial charge in [-0.3, -0.25) is 14.4 Å². The number of anilines is 1. The second kappa shape index (κ2) is 8.07. The van der Waals surface area contributed by atoms with Crippen molar-refractivity contribution in [3.63, 3.8) is 0 Å². The van der Waals surface area contributed by atoms with E-state index in [-0.39, 0.29) is 24.1 Å². The zero-order valence-corrected chi connectivity index (χ0v) is 17.2. The van der Waals surface area contributed by atoms with E-state index in [0.717, 1.165) is 0 Å². The minimum atomic E-state index is -0.841. The Balaban J connectivity index is 1.98. The molecule has 0 saturated carbocycles. The van der Waals surface area contributed by atoms with Gasteiger partial charge in [0.1, 0.15) is 11.8 Å². The molecule has 1 fully saturated rings.